The Kier molecular flexibility index (Phi) is 3.59. The lowest BCUT2D eigenvalue weighted by atomic mass is 9.76. The van der Waals surface area contributed by atoms with Crippen molar-refractivity contribution >= 4 is 27.8 Å². The molecule has 3 heteroatoms. The fraction of sp³-hybridized carbons (Fsp3) is 0.346. The van der Waals surface area contributed by atoms with E-state index >= 15 is 0 Å². The number of pyridine rings is 1. The van der Waals surface area contributed by atoms with Crippen molar-refractivity contribution in [3.8, 4) is 0 Å². The molecule has 146 valence electrons. The lowest BCUT2D eigenvalue weighted by Gasteiger charge is -2.46. The summed E-state index contributed by atoms with van der Waals surface area (Å²) in [6, 6.07) is 18.0. The van der Waals surface area contributed by atoms with Crippen molar-refractivity contribution in [3.05, 3.63) is 71.4 Å². The second-order valence-electron chi connectivity index (χ2n) is 8.79. The summed E-state index contributed by atoms with van der Waals surface area (Å²) in [6.07, 6.45) is 8.14. The normalized spacial score (nSPS) is 20.6. The number of rotatable bonds is 1. The van der Waals surface area contributed by atoms with E-state index in [-0.39, 0.29) is 5.54 Å². The number of furan rings is 1. The van der Waals surface area contributed by atoms with Gasteiger partial charge in [0.1, 0.15) is 0 Å². The van der Waals surface area contributed by atoms with Crippen LogP contribution in [0.3, 0.4) is 0 Å². The zero-order chi connectivity index (χ0) is 19.6. The van der Waals surface area contributed by atoms with Gasteiger partial charge in [0.15, 0.2) is 5.58 Å². The van der Waals surface area contributed by atoms with E-state index in [9.17, 15) is 0 Å². The molecule has 4 aromatic rings. The van der Waals surface area contributed by atoms with Gasteiger partial charge in [-0.1, -0.05) is 55.7 Å². The third kappa shape index (κ3) is 2.22. The van der Waals surface area contributed by atoms with Crippen molar-refractivity contribution in [1.82, 2.24) is 4.98 Å². The van der Waals surface area contributed by atoms with E-state index in [0.717, 1.165) is 16.7 Å². The summed E-state index contributed by atoms with van der Waals surface area (Å²) in [5, 5.41) is 2.27. The van der Waals surface area contributed by atoms with Crippen LogP contribution in [0.25, 0.3) is 22.1 Å². The number of benzene rings is 2. The predicted molar refractivity (Wildman–Crippen MR) is 118 cm³/mol. The van der Waals surface area contributed by atoms with Crippen molar-refractivity contribution < 1.29 is 4.42 Å². The van der Waals surface area contributed by atoms with Crippen LogP contribution in [0.15, 0.2) is 59.1 Å². The van der Waals surface area contributed by atoms with Gasteiger partial charge in [-0.15, -0.1) is 0 Å². The molecule has 1 atom stereocenters. The number of aromatic nitrogens is 1. The molecule has 1 aliphatic heterocycles. The summed E-state index contributed by atoms with van der Waals surface area (Å²) in [6.45, 7) is 4.59. The number of fused-ring (bicyclic) bond motifs is 5. The third-order valence-electron chi connectivity index (χ3n) is 7.28. The van der Waals surface area contributed by atoms with Gasteiger partial charge in [-0.3, -0.25) is 0 Å². The van der Waals surface area contributed by atoms with Crippen LogP contribution in [0.2, 0.25) is 0 Å². The summed E-state index contributed by atoms with van der Waals surface area (Å²) in [5.74, 6) is 0. The molecule has 29 heavy (non-hydrogen) atoms. The van der Waals surface area contributed by atoms with Crippen LogP contribution in [0.1, 0.15) is 61.8 Å². The smallest absolute Gasteiger partial charge is 0.227 e. The molecule has 1 spiro atoms. The Morgan fingerprint density at radius 3 is 2.66 bits per heavy atom. The molecule has 1 saturated carbocycles. The van der Waals surface area contributed by atoms with E-state index in [1.165, 1.54) is 59.9 Å². The third-order valence-corrected chi connectivity index (χ3v) is 7.28. The van der Waals surface area contributed by atoms with E-state index in [0.29, 0.717) is 6.04 Å². The number of hydrogen-bond donors (Lipinski definition) is 0. The molecule has 0 radical (unpaired) electrons. The van der Waals surface area contributed by atoms with Crippen molar-refractivity contribution in [3.63, 3.8) is 0 Å². The Hall–Kier alpha value is -2.81. The van der Waals surface area contributed by atoms with Crippen LogP contribution >= 0.6 is 0 Å². The Morgan fingerprint density at radius 1 is 0.966 bits per heavy atom. The molecule has 0 N–H and O–H groups in total. The molecule has 0 bridgehead atoms. The molecule has 3 heterocycles. The van der Waals surface area contributed by atoms with Gasteiger partial charge in [-0.05, 0) is 55.5 Å². The topological polar surface area (TPSA) is 29.3 Å². The van der Waals surface area contributed by atoms with Crippen LogP contribution in [0.5, 0.6) is 0 Å². The van der Waals surface area contributed by atoms with E-state index in [4.69, 9.17) is 4.42 Å². The molecular formula is C26H26N2O. The quantitative estimate of drug-likeness (QED) is 0.354. The molecule has 1 aliphatic carbocycles. The first-order valence-electron chi connectivity index (χ1n) is 10.9. The molecule has 1 fully saturated rings. The average Bonchev–Trinajstić information content (AvgIpc) is 3.24. The summed E-state index contributed by atoms with van der Waals surface area (Å²) < 4.78 is 6.41. The number of nitrogens with zero attached hydrogens (tertiary/aromatic N) is 2. The van der Waals surface area contributed by atoms with Gasteiger partial charge < -0.3 is 9.32 Å². The molecule has 2 aliphatic rings. The first-order chi connectivity index (χ1) is 14.2. The lowest BCUT2D eigenvalue weighted by molar-refractivity contribution is 0.284. The standard InChI is InChI=1S/C26H26N2O/c1-17-12-13-20-21-10-8-16-27-25(21)29-24(20)23(17)28-18(2)19-9-4-5-11-22(19)26(28)14-6-3-7-15-26/h4-5,8-13,16,18H,3,6-7,14-15H2,1-2H3. The Labute approximate surface area is 171 Å². The monoisotopic (exact) mass is 382 g/mol. The summed E-state index contributed by atoms with van der Waals surface area (Å²) in [4.78, 5) is 7.20. The fourth-order valence-corrected chi connectivity index (χ4v) is 6.04. The SMILES string of the molecule is Cc1ccc2c(oc3ncccc32)c1N1C(C)c2ccccc2C12CCCCC2. The van der Waals surface area contributed by atoms with Crippen LogP contribution in [0, 0.1) is 6.92 Å². The van der Waals surface area contributed by atoms with Crippen molar-refractivity contribution in [2.45, 2.75) is 57.5 Å². The minimum absolute atomic E-state index is 0.0692. The van der Waals surface area contributed by atoms with Crippen LogP contribution in [0.4, 0.5) is 5.69 Å². The summed E-state index contributed by atoms with van der Waals surface area (Å²) in [7, 11) is 0. The highest BCUT2D eigenvalue weighted by Gasteiger charge is 2.50. The Balaban J connectivity index is 1.67. The summed E-state index contributed by atoms with van der Waals surface area (Å²) in [5.41, 5.74) is 7.32. The van der Waals surface area contributed by atoms with Crippen LogP contribution in [-0.4, -0.2) is 4.98 Å². The van der Waals surface area contributed by atoms with Gasteiger partial charge in [-0.2, -0.15) is 0 Å². The molecule has 2 aromatic heterocycles. The van der Waals surface area contributed by atoms with E-state index in [1.807, 2.05) is 12.3 Å². The highest BCUT2D eigenvalue weighted by molar-refractivity contribution is 6.08. The molecule has 1 unspecified atom stereocenters. The maximum absolute atomic E-state index is 6.41. The molecule has 2 aromatic carbocycles. The van der Waals surface area contributed by atoms with Gasteiger partial charge in [0.2, 0.25) is 5.71 Å². The van der Waals surface area contributed by atoms with E-state index < -0.39 is 0 Å². The second kappa shape index (κ2) is 6.09. The number of aryl methyl sites for hydroxylation is 1. The molecule has 0 amide bonds. The zero-order valence-electron chi connectivity index (χ0n) is 17.1. The number of anilines is 1. The first-order valence-corrected chi connectivity index (χ1v) is 10.9. The molecule has 0 saturated heterocycles. The van der Waals surface area contributed by atoms with Gasteiger partial charge in [0, 0.05) is 17.0 Å². The van der Waals surface area contributed by atoms with Gasteiger partial charge in [-0.25, -0.2) is 4.98 Å². The van der Waals surface area contributed by atoms with Crippen molar-refractivity contribution in [2.24, 2.45) is 0 Å². The van der Waals surface area contributed by atoms with Crippen LogP contribution < -0.4 is 4.90 Å². The van der Waals surface area contributed by atoms with Gasteiger partial charge >= 0.3 is 0 Å². The highest BCUT2D eigenvalue weighted by Crippen LogP contribution is 2.57. The minimum Gasteiger partial charge on any atom is -0.436 e. The highest BCUT2D eigenvalue weighted by atomic mass is 16.3. The second-order valence-corrected chi connectivity index (χ2v) is 8.79. The van der Waals surface area contributed by atoms with Gasteiger partial charge in [0.25, 0.3) is 0 Å². The maximum Gasteiger partial charge on any atom is 0.227 e. The predicted octanol–water partition coefficient (Wildman–Crippen LogP) is 7.03. The molecular weight excluding hydrogens is 356 g/mol. The van der Waals surface area contributed by atoms with Gasteiger partial charge in [0.05, 0.1) is 17.3 Å². The van der Waals surface area contributed by atoms with E-state index in [2.05, 4.69) is 66.2 Å². The largest absolute Gasteiger partial charge is 0.436 e. The van der Waals surface area contributed by atoms with Crippen molar-refractivity contribution in [1.29, 1.82) is 0 Å². The zero-order valence-corrected chi connectivity index (χ0v) is 17.1. The van der Waals surface area contributed by atoms with Crippen molar-refractivity contribution in [2.75, 3.05) is 4.90 Å². The Morgan fingerprint density at radius 2 is 1.79 bits per heavy atom. The van der Waals surface area contributed by atoms with E-state index in [1.54, 1.807) is 0 Å². The maximum atomic E-state index is 6.41. The average molecular weight is 383 g/mol. The molecule has 3 nitrogen and oxygen atoms in total. The lowest BCUT2D eigenvalue weighted by Crippen LogP contribution is -2.44. The number of hydrogen-bond acceptors (Lipinski definition) is 3. The molecule has 6 rings (SSSR count). The minimum atomic E-state index is 0.0692. The van der Waals surface area contributed by atoms with Crippen LogP contribution in [-0.2, 0) is 5.54 Å². The fourth-order valence-electron chi connectivity index (χ4n) is 6.04. The summed E-state index contributed by atoms with van der Waals surface area (Å²) >= 11 is 0. The Bertz CT molecular complexity index is 1230. The first kappa shape index (κ1) is 17.1.